The maximum Gasteiger partial charge on any atom is 0.337 e. The number of esters is 1. The molecule has 0 fully saturated rings. The van der Waals surface area contributed by atoms with E-state index in [1.807, 2.05) is 48.5 Å². The van der Waals surface area contributed by atoms with Gasteiger partial charge in [0.2, 0.25) is 0 Å². The second kappa shape index (κ2) is 7.62. The number of nitrogens with one attached hydrogen (secondary N) is 1. The lowest BCUT2D eigenvalue weighted by molar-refractivity contribution is 0.0600. The molecule has 28 heavy (non-hydrogen) atoms. The minimum Gasteiger partial charge on any atom is -0.465 e. The zero-order chi connectivity index (χ0) is 19.5. The van der Waals surface area contributed by atoms with Gasteiger partial charge in [0.1, 0.15) is 5.01 Å². The molecule has 4 aromatic rings. The third-order valence-electron chi connectivity index (χ3n) is 4.23. The number of hydrogen-bond acceptors (Lipinski definition) is 5. The number of fused-ring (bicyclic) bond motifs is 1. The second-order valence-electron chi connectivity index (χ2n) is 6.09. The highest BCUT2D eigenvalue weighted by Crippen LogP contribution is 2.31. The molecule has 0 atom stereocenters. The molecule has 3 aromatic carbocycles. The first-order chi connectivity index (χ1) is 13.6. The Labute approximate surface area is 165 Å². The number of benzene rings is 3. The number of carbonyl (C=O) groups excluding carboxylic acids is 2. The van der Waals surface area contributed by atoms with Crippen molar-refractivity contribution < 1.29 is 14.3 Å². The maximum atomic E-state index is 12.5. The van der Waals surface area contributed by atoms with E-state index in [0.717, 1.165) is 20.8 Å². The summed E-state index contributed by atoms with van der Waals surface area (Å²) < 4.78 is 5.79. The van der Waals surface area contributed by atoms with E-state index in [4.69, 9.17) is 0 Å². The zero-order valence-electron chi connectivity index (χ0n) is 15.0. The van der Waals surface area contributed by atoms with Crippen molar-refractivity contribution in [1.82, 2.24) is 4.98 Å². The van der Waals surface area contributed by atoms with Gasteiger partial charge in [-0.25, -0.2) is 9.78 Å². The number of hydrogen-bond donors (Lipinski definition) is 1. The third-order valence-corrected chi connectivity index (χ3v) is 5.31. The van der Waals surface area contributed by atoms with Gasteiger partial charge in [0.25, 0.3) is 5.91 Å². The molecule has 1 aromatic heterocycles. The summed E-state index contributed by atoms with van der Waals surface area (Å²) in [6.45, 7) is 0. The molecule has 0 radical (unpaired) electrons. The molecule has 5 nitrogen and oxygen atoms in total. The zero-order valence-corrected chi connectivity index (χ0v) is 15.8. The Kier molecular flexibility index (Phi) is 4.87. The Morgan fingerprint density at radius 2 is 1.68 bits per heavy atom. The summed E-state index contributed by atoms with van der Waals surface area (Å²) in [5.74, 6) is -0.687. The molecule has 0 saturated carbocycles. The summed E-state index contributed by atoms with van der Waals surface area (Å²) >= 11 is 1.61. The second-order valence-corrected chi connectivity index (χ2v) is 7.12. The topological polar surface area (TPSA) is 68.3 Å². The van der Waals surface area contributed by atoms with Gasteiger partial charge < -0.3 is 10.1 Å². The van der Waals surface area contributed by atoms with Crippen LogP contribution in [0.1, 0.15) is 20.7 Å². The molecule has 4 rings (SSSR count). The summed E-state index contributed by atoms with van der Waals surface area (Å²) in [6.07, 6.45) is 0. The number of carbonyl (C=O) groups is 2. The Bertz CT molecular complexity index is 1130. The predicted octanol–water partition coefficient (Wildman–Crippen LogP) is 5.00. The van der Waals surface area contributed by atoms with Gasteiger partial charge in [0.05, 0.1) is 22.9 Å². The molecule has 0 bridgehead atoms. The lowest BCUT2D eigenvalue weighted by Gasteiger charge is -2.07. The van der Waals surface area contributed by atoms with Crippen LogP contribution in [0.15, 0.2) is 72.8 Å². The first kappa shape index (κ1) is 17.9. The van der Waals surface area contributed by atoms with E-state index >= 15 is 0 Å². The molecule has 0 aliphatic carbocycles. The van der Waals surface area contributed by atoms with Crippen molar-refractivity contribution in [2.24, 2.45) is 0 Å². The summed E-state index contributed by atoms with van der Waals surface area (Å²) in [4.78, 5) is 28.7. The van der Waals surface area contributed by atoms with Crippen molar-refractivity contribution in [2.45, 2.75) is 0 Å². The SMILES string of the molecule is COC(=O)c1ccc(C(=O)Nc2cccc(-c3nc4ccccc4s3)c2)cc1. The number of para-hydroxylation sites is 1. The fourth-order valence-corrected chi connectivity index (χ4v) is 3.77. The maximum absolute atomic E-state index is 12.5. The summed E-state index contributed by atoms with van der Waals surface area (Å²) in [5.41, 5.74) is 3.44. The van der Waals surface area contributed by atoms with E-state index in [2.05, 4.69) is 15.0 Å². The minimum atomic E-state index is -0.435. The average Bonchev–Trinajstić information content (AvgIpc) is 3.18. The van der Waals surface area contributed by atoms with Crippen LogP contribution in [0, 0.1) is 0 Å². The summed E-state index contributed by atoms with van der Waals surface area (Å²) in [5, 5.41) is 3.79. The van der Waals surface area contributed by atoms with E-state index in [9.17, 15) is 9.59 Å². The van der Waals surface area contributed by atoms with Crippen LogP contribution in [0.5, 0.6) is 0 Å². The van der Waals surface area contributed by atoms with E-state index in [1.54, 1.807) is 35.6 Å². The molecular formula is C22H16N2O3S. The van der Waals surface area contributed by atoms with E-state index in [1.165, 1.54) is 7.11 Å². The van der Waals surface area contributed by atoms with Crippen LogP contribution in [0.3, 0.4) is 0 Å². The number of thiazole rings is 1. The number of aromatic nitrogens is 1. The quantitative estimate of drug-likeness (QED) is 0.500. The van der Waals surface area contributed by atoms with E-state index < -0.39 is 5.97 Å². The van der Waals surface area contributed by atoms with Crippen molar-refractivity contribution in [2.75, 3.05) is 12.4 Å². The number of amides is 1. The number of anilines is 1. The molecule has 0 spiro atoms. The molecular weight excluding hydrogens is 372 g/mol. The Balaban J connectivity index is 1.54. The smallest absolute Gasteiger partial charge is 0.337 e. The number of ether oxygens (including phenoxy) is 1. The highest BCUT2D eigenvalue weighted by Gasteiger charge is 2.11. The van der Waals surface area contributed by atoms with Gasteiger partial charge in [-0.3, -0.25) is 4.79 Å². The lowest BCUT2D eigenvalue weighted by atomic mass is 10.1. The average molecular weight is 388 g/mol. The van der Waals surface area contributed by atoms with Gasteiger partial charge in [-0.1, -0.05) is 24.3 Å². The largest absolute Gasteiger partial charge is 0.465 e. The number of rotatable bonds is 4. The molecule has 6 heteroatoms. The van der Waals surface area contributed by atoms with Crippen LogP contribution >= 0.6 is 11.3 Å². The van der Waals surface area contributed by atoms with Crippen LogP contribution < -0.4 is 5.32 Å². The summed E-state index contributed by atoms with van der Waals surface area (Å²) in [7, 11) is 1.32. The molecule has 1 amide bonds. The molecule has 1 heterocycles. The standard InChI is InChI=1S/C22H16N2O3S/c1-27-22(26)15-11-9-14(10-12-15)20(25)23-17-6-4-5-16(13-17)21-24-18-7-2-3-8-19(18)28-21/h2-13H,1H3,(H,23,25). The lowest BCUT2D eigenvalue weighted by Crippen LogP contribution is -2.12. The van der Waals surface area contributed by atoms with Gasteiger partial charge in [0, 0.05) is 16.8 Å². The predicted molar refractivity (Wildman–Crippen MR) is 111 cm³/mol. The van der Waals surface area contributed by atoms with Crippen molar-refractivity contribution in [3.63, 3.8) is 0 Å². The molecule has 0 aliphatic rings. The van der Waals surface area contributed by atoms with Crippen LogP contribution in [0.2, 0.25) is 0 Å². The monoisotopic (exact) mass is 388 g/mol. The van der Waals surface area contributed by atoms with Crippen LogP contribution in [-0.4, -0.2) is 24.0 Å². The third kappa shape index (κ3) is 3.63. The Morgan fingerprint density at radius 3 is 2.43 bits per heavy atom. The molecule has 0 aliphatic heterocycles. The molecule has 0 unspecified atom stereocenters. The van der Waals surface area contributed by atoms with Gasteiger partial charge in [-0.15, -0.1) is 11.3 Å². The molecule has 138 valence electrons. The molecule has 0 saturated heterocycles. The fraction of sp³-hybridized carbons (Fsp3) is 0.0455. The van der Waals surface area contributed by atoms with Gasteiger partial charge in [-0.05, 0) is 48.5 Å². The summed E-state index contributed by atoms with van der Waals surface area (Å²) in [6, 6.07) is 21.9. The van der Waals surface area contributed by atoms with Crippen LogP contribution in [0.25, 0.3) is 20.8 Å². The Morgan fingerprint density at radius 1 is 0.929 bits per heavy atom. The van der Waals surface area contributed by atoms with E-state index in [0.29, 0.717) is 16.8 Å². The fourth-order valence-electron chi connectivity index (χ4n) is 2.80. The van der Waals surface area contributed by atoms with Crippen LogP contribution in [-0.2, 0) is 4.74 Å². The van der Waals surface area contributed by atoms with Gasteiger partial charge >= 0.3 is 5.97 Å². The Hall–Kier alpha value is -3.51. The number of nitrogens with zero attached hydrogens (tertiary/aromatic N) is 1. The molecule has 1 N–H and O–H groups in total. The van der Waals surface area contributed by atoms with Gasteiger partial charge in [-0.2, -0.15) is 0 Å². The normalized spacial score (nSPS) is 10.6. The van der Waals surface area contributed by atoms with Crippen LogP contribution in [0.4, 0.5) is 5.69 Å². The van der Waals surface area contributed by atoms with Crippen molar-refractivity contribution in [3.05, 3.63) is 83.9 Å². The minimum absolute atomic E-state index is 0.252. The highest BCUT2D eigenvalue weighted by atomic mass is 32.1. The first-order valence-corrected chi connectivity index (χ1v) is 9.41. The first-order valence-electron chi connectivity index (χ1n) is 8.60. The highest BCUT2D eigenvalue weighted by molar-refractivity contribution is 7.21. The number of methoxy groups -OCH3 is 1. The van der Waals surface area contributed by atoms with Crippen molar-refractivity contribution in [3.8, 4) is 10.6 Å². The van der Waals surface area contributed by atoms with Crippen molar-refractivity contribution in [1.29, 1.82) is 0 Å². The van der Waals surface area contributed by atoms with E-state index in [-0.39, 0.29) is 5.91 Å². The van der Waals surface area contributed by atoms with Gasteiger partial charge in [0.15, 0.2) is 0 Å². The van der Waals surface area contributed by atoms with Crippen molar-refractivity contribution >= 4 is 39.1 Å².